The Kier molecular flexibility index (Phi) is 7.67. The monoisotopic (exact) mass is 517 g/mol. The van der Waals surface area contributed by atoms with Crippen molar-refractivity contribution in [2.75, 3.05) is 56.9 Å². The van der Waals surface area contributed by atoms with Gasteiger partial charge in [-0.25, -0.2) is 9.50 Å². The number of anilines is 4. The minimum absolute atomic E-state index is 0.305. The van der Waals surface area contributed by atoms with E-state index in [4.69, 9.17) is 9.84 Å². The van der Waals surface area contributed by atoms with Crippen molar-refractivity contribution in [2.45, 2.75) is 13.8 Å². The molecule has 0 atom stereocenters. The predicted octanol–water partition coefficient (Wildman–Crippen LogP) is 3.62. The third kappa shape index (κ3) is 5.32. The number of hydrogen-bond acceptors (Lipinski definition) is 8. The van der Waals surface area contributed by atoms with Gasteiger partial charge in [-0.15, -0.1) is 5.10 Å². The normalized spacial score (nSPS) is 11.2. The lowest BCUT2D eigenvalue weighted by Gasteiger charge is -2.25. The van der Waals surface area contributed by atoms with E-state index in [1.807, 2.05) is 75.5 Å². The molecule has 2 N–H and O–H groups in total. The largest absolute Gasteiger partial charge is 0.494 e. The fourth-order valence-corrected chi connectivity index (χ4v) is 4.32. The topological polar surface area (TPSA) is 105 Å². The molecule has 0 saturated carbocycles. The first-order chi connectivity index (χ1) is 18.1. The van der Waals surface area contributed by atoms with E-state index in [1.54, 1.807) is 13.3 Å². The van der Waals surface area contributed by atoms with Gasteiger partial charge in [0.1, 0.15) is 5.75 Å². The Balaban J connectivity index is 1.74. The van der Waals surface area contributed by atoms with E-state index in [0.29, 0.717) is 23.1 Å². The molecule has 0 saturated heterocycles. The molecule has 0 spiro atoms. The summed E-state index contributed by atoms with van der Waals surface area (Å²) in [6.45, 7) is 9.21. The van der Waals surface area contributed by atoms with Gasteiger partial charge in [-0.05, 0) is 52.2 Å². The average molecular weight is 518 g/mol. The summed E-state index contributed by atoms with van der Waals surface area (Å²) < 4.78 is 9.43. The smallest absolute Gasteiger partial charge is 0.247 e. The van der Waals surface area contributed by atoms with Gasteiger partial charge in [0.25, 0.3) is 0 Å². The van der Waals surface area contributed by atoms with Crippen LogP contribution in [0.2, 0.25) is 0 Å². The van der Waals surface area contributed by atoms with Gasteiger partial charge in [-0.2, -0.15) is 5.10 Å². The number of methoxy groups -OCH3 is 1. The zero-order valence-corrected chi connectivity index (χ0v) is 23.0. The molecule has 4 rings (SSSR count). The van der Waals surface area contributed by atoms with Crippen molar-refractivity contribution >= 4 is 34.4 Å². The van der Waals surface area contributed by atoms with Crippen LogP contribution in [0.3, 0.4) is 0 Å². The molecule has 0 fully saturated rings. The maximum atomic E-state index is 12.2. The van der Waals surface area contributed by atoms with E-state index in [9.17, 15) is 4.79 Å². The van der Waals surface area contributed by atoms with Gasteiger partial charge in [-0.3, -0.25) is 9.48 Å². The van der Waals surface area contributed by atoms with Crippen molar-refractivity contribution in [3.8, 4) is 17.0 Å². The lowest BCUT2D eigenvalue weighted by molar-refractivity contribution is -0.111. The molecule has 0 bridgehead atoms. The Morgan fingerprint density at radius 1 is 1.13 bits per heavy atom. The Bertz CT molecular complexity index is 1490. The minimum atomic E-state index is -0.305. The first-order valence-corrected chi connectivity index (χ1v) is 12.3. The molecule has 1 aromatic carbocycles. The SMILES string of the molecule is C=CC(=O)Nc1cc(Nc2ncc3ccc(-c4c(C)nn(C)c4C)n3n2)c(OC)cc1N(C)CCN(C)C. The summed E-state index contributed by atoms with van der Waals surface area (Å²) >= 11 is 0. The van der Waals surface area contributed by atoms with Crippen LogP contribution < -0.4 is 20.3 Å². The van der Waals surface area contributed by atoms with Crippen LogP contribution >= 0.6 is 0 Å². The molecular weight excluding hydrogens is 482 g/mol. The number of carbonyl (C=O) groups is 1. The van der Waals surface area contributed by atoms with Gasteiger partial charge in [0.05, 0.1) is 47.3 Å². The maximum absolute atomic E-state index is 12.2. The molecule has 0 unspecified atom stereocenters. The zero-order valence-electron chi connectivity index (χ0n) is 23.0. The number of carbonyl (C=O) groups excluding carboxylic acids is 1. The van der Waals surface area contributed by atoms with Crippen LogP contribution in [0.15, 0.2) is 43.1 Å². The number of hydrogen-bond donors (Lipinski definition) is 2. The summed E-state index contributed by atoms with van der Waals surface area (Å²) in [6, 6.07) is 7.71. The predicted molar refractivity (Wildman–Crippen MR) is 152 cm³/mol. The first kappa shape index (κ1) is 26.7. The van der Waals surface area contributed by atoms with Crippen molar-refractivity contribution in [1.29, 1.82) is 0 Å². The number of nitrogens with zero attached hydrogens (tertiary/aromatic N) is 7. The van der Waals surface area contributed by atoms with Gasteiger partial charge < -0.3 is 25.2 Å². The van der Waals surface area contributed by atoms with E-state index in [0.717, 1.165) is 46.9 Å². The van der Waals surface area contributed by atoms with Crippen molar-refractivity contribution in [3.05, 3.63) is 54.5 Å². The molecule has 11 nitrogen and oxygen atoms in total. The molecule has 4 aromatic rings. The summed E-state index contributed by atoms with van der Waals surface area (Å²) in [5, 5.41) is 15.5. The van der Waals surface area contributed by atoms with Crippen LogP contribution in [0, 0.1) is 13.8 Å². The van der Waals surface area contributed by atoms with Crippen LogP contribution in [-0.2, 0) is 11.8 Å². The van der Waals surface area contributed by atoms with Crippen molar-refractivity contribution < 1.29 is 9.53 Å². The summed E-state index contributed by atoms with van der Waals surface area (Å²) in [5.74, 6) is 0.658. The number of rotatable bonds is 10. The second-order valence-corrected chi connectivity index (χ2v) is 9.42. The fourth-order valence-electron chi connectivity index (χ4n) is 4.32. The molecule has 38 heavy (non-hydrogen) atoms. The Morgan fingerprint density at radius 3 is 2.53 bits per heavy atom. The highest BCUT2D eigenvalue weighted by Crippen LogP contribution is 2.38. The summed E-state index contributed by atoms with van der Waals surface area (Å²) in [6.07, 6.45) is 3.00. The molecule has 0 aliphatic rings. The highest BCUT2D eigenvalue weighted by molar-refractivity contribution is 6.02. The number of nitrogens with one attached hydrogen (secondary N) is 2. The molecule has 0 radical (unpaired) electrons. The molecule has 3 heterocycles. The summed E-state index contributed by atoms with van der Waals surface area (Å²) in [7, 11) is 9.55. The number of amides is 1. The molecular formula is C27H35N9O2. The first-order valence-electron chi connectivity index (χ1n) is 12.3. The number of aromatic nitrogens is 5. The average Bonchev–Trinajstić information content (AvgIpc) is 3.40. The van der Waals surface area contributed by atoms with E-state index in [-0.39, 0.29) is 5.91 Å². The number of likely N-dealkylation sites (N-methyl/N-ethyl adjacent to an activating group) is 2. The summed E-state index contributed by atoms with van der Waals surface area (Å²) in [4.78, 5) is 20.9. The Labute approximate surface area is 222 Å². The standard InChI is InChI=1S/C27H35N9O2/c1-9-25(37)29-20-14-21(24(38-8)15-23(20)34(6)13-12-33(4)5)30-27-28-16-19-10-11-22(36(19)32-27)26-17(2)31-35(7)18(26)3/h9-11,14-16H,1,12-13H2,2-8H3,(H,29,37)(H,30,32). The second kappa shape index (κ2) is 10.9. The van der Waals surface area contributed by atoms with E-state index >= 15 is 0 Å². The van der Waals surface area contributed by atoms with Crippen LogP contribution in [0.4, 0.5) is 23.0 Å². The molecule has 1 amide bonds. The fraction of sp³-hybridized carbons (Fsp3) is 0.333. The summed E-state index contributed by atoms with van der Waals surface area (Å²) in [5.41, 5.74) is 6.84. The highest BCUT2D eigenvalue weighted by atomic mass is 16.5. The lowest BCUT2D eigenvalue weighted by atomic mass is 10.1. The lowest BCUT2D eigenvalue weighted by Crippen LogP contribution is -2.29. The van der Waals surface area contributed by atoms with Crippen molar-refractivity contribution in [3.63, 3.8) is 0 Å². The van der Waals surface area contributed by atoms with Crippen LogP contribution in [0.5, 0.6) is 5.75 Å². The molecule has 0 aliphatic carbocycles. The van der Waals surface area contributed by atoms with Gasteiger partial charge in [0.15, 0.2) is 0 Å². The van der Waals surface area contributed by atoms with Crippen molar-refractivity contribution in [2.24, 2.45) is 7.05 Å². The van der Waals surface area contributed by atoms with E-state index in [2.05, 4.69) is 37.1 Å². The number of ether oxygens (including phenoxy) is 1. The third-order valence-electron chi connectivity index (χ3n) is 6.47. The molecule has 11 heteroatoms. The molecule has 0 aliphatic heterocycles. The van der Waals surface area contributed by atoms with Crippen molar-refractivity contribution in [1.82, 2.24) is 29.3 Å². The van der Waals surface area contributed by atoms with Crippen LogP contribution in [-0.4, -0.2) is 76.5 Å². The van der Waals surface area contributed by atoms with Gasteiger partial charge in [-0.1, -0.05) is 6.58 Å². The number of fused-ring (bicyclic) bond motifs is 1. The third-order valence-corrected chi connectivity index (χ3v) is 6.47. The van der Waals surface area contributed by atoms with Gasteiger partial charge in [0.2, 0.25) is 11.9 Å². The highest BCUT2D eigenvalue weighted by Gasteiger charge is 2.19. The molecule has 3 aromatic heterocycles. The zero-order chi connectivity index (χ0) is 27.6. The molecule has 200 valence electrons. The number of benzene rings is 1. The van der Waals surface area contributed by atoms with Gasteiger partial charge >= 0.3 is 0 Å². The van der Waals surface area contributed by atoms with E-state index in [1.165, 1.54) is 6.08 Å². The Hall–Kier alpha value is -4.38. The Morgan fingerprint density at radius 2 is 1.89 bits per heavy atom. The maximum Gasteiger partial charge on any atom is 0.247 e. The van der Waals surface area contributed by atoms with Crippen LogP contribution in [0.25, 0.3) is 16.8 Å². The second-order valence-electron chi connectivity index (χ2n) is 9.42. The van der Waals surface area contributed by atoms with E-state index < -0.39 is 0 Å². The minimum Gasteiger partial charge on any atom is -0.494 e. The number of aryl methyl sites for hydroxylation is 2. The van der Waals surface area contributed by atoms with Crippen LogP contribution in [0.1, 0.15) is 11.4 Å². The quantitative estimate of drug-likeness (QED) is 0.308. The van der Waals surface area contributed by atoms with Gasteiger partial charge in [0, 0.05) is 44.5 Å².